The summed E-state index contributed by atoms with van der Waals surface area (Å²) in [6, 6.07) is 8.17. The van der Waals surface area contributed by atoms with Crippen molar-refractivity contribution in [1.29, 1.82) is 0 Å². The molecule has 0 amide bonds. The van der Waals surface area contributed by atoms with Gasteiger partial charge in [0.2, 0.25) is 0 Å². The van der Waals surface area contributed by atoms with Gasteiger partial charge in [0.25, 0.3) is 0 Å². The lowest BCUT2D eigenvalue weighted by Gasteiger charge is -2.13. The highest BCUT2D eigenvalue weighted by atomic mass is 16.6. The van der Waals surface area contributed by atoms with Gasteiger partial charge in [0, 0.05) is 25.0 Å². The normalized spacial score (nSPS) is 10.5. The molecule has 0 radical (unpaired) electrons. The van der Waals surface area contributed by atoms with Crippen molar-refractivity contribution in [2.75, 3.05) is 14.2 Å². The molecular formula is C22H22O7. The Morgan fingerprint density at radius 1 is 0.759 bits per heavy atom. The number of carbonyl (C=O) groups is 3. The molecule has 0 aliphatic rings. The van der Waals surface area contributed by atoms with Gasteiger partial charge in [-0.3, -0.25) is 14.4 Å². The van der Waals surface area contributed by atoms with Crippen LogP contribution < -0.4 is 18.9 Å². The third-order valence-electron chi connectivity index (χ3n) is 3.85. The van der Waals surface area contributed by atoms with Crippen LogP contribution in [0.15, 0.2) is 30.3 Å². The van der Waals surface area contributed by atoms with Crippen molar-refractivity contribution < 1.29 is 33.3 Å². The summed E-state index contributed by atoms with van der Waals surface area (Å²) in [6.07, 6.45) is 3.43. The molecule has 2 aromatic rings. The second-order valence-electron chi connectivity index (χ2n) is 6.08. The third-order valence-corrected chi connectivity index (χ3v) is 3.85. The highest BCUT2D eigenvalue weighted by Gasteiger charge is 2.16. The summed E-state index contributed by atoms with van der Waals surface area (Å²) >= 11 is 0. The maximum absolute atomic E-state index is 11.8. The minimum Gasteiger partial charge on any atom is -0.493 e. The number of ketones is 1. The molecule has 0 atom stereocenters. The van der Waals surface area contributed by atoms with E-state index in [2.05, 4.69) is 0 Å². The molecule has 7 nitrogen and oxygen atoms in total. The predicted octanol–water partition coefficient (Wildman–Crippen LogP) is 3.93. The second-order valence-corrected chi connectivity index (χ2v) is 6.08. The van der Waals surface area contributed by atoms with Crippen LogP contribution in [-0.2, 0) is 9.59 Å². The Morgan fingerprint density at radius 3 is 1.97 bits per heavy atom. The van der Waals surface area contributed by atoms with Gasteiger partial charge in [-0.2, -0.15) is 0 Å². The summed E-state index contributed by atoms with van der Waals surface area (Å²) in [5.74, 6) is 0.0575. The van der Waals surface area contributed by atoms with Gasteiger partial charge >= 0.3 is 11.9 Å². The Kier molecular flexibility index (Phi) is 7.14. The third kappa shape index (κ3) is 5.68. The van der Waals surface area contributed by atoms with E-state index in [-0.39, 0.29) is 17.3 Å². The van der Waals surface area contributed by atoms with E-state index < -0.39 is 11.9 Å². The van der Waals surface area contributed by atoms with Crippen molar-refractivity contribution in [3.63, 3.8) is 0 Å². The van der Waals surface area contributed by atoms with Gasteiger partial charge in [0.15, 0.2) is 28.8 Å². The molecule has 0 aliphatic heterocycles. The fraction of sp³-hybridized carbons (Fsp3) is 0.227. The second kappa shape index (κ2) is 9.54. The Morgan fingerprint density at radius 2 is 1.41 bits per heavy atom. The Labute approximate surface area is 168 Å². The molecule has 7 heteroatoms. The summed E-state index contributed by atoms with van der Waals surface area (Å²) in [5, 5.41) is 0. The predicted molar refractivity (Wildman–Crippen MR) is 108 cm³/mol. The van der Waals surface area contributed by atoms with E-state index in [9.17, 15) is 14.4 Å². The first-order valence-electron chi connectivity index (χ1n) is 8.71. The van der Waals surface area contributed by atoms with Crippen molar-refractivity contribution in [2.24, 2.45) is 0 Å². The number of Topliss-reactive ketones (excluding diaryl/α,β-unsaturated/α-hetero) is 1. The van der Waals surface area contributed by atoms with Gasteiger partial charge < -0.3 is 18.9 Å². The highest BCUT2D eigenvalue weighted by Crippen LogP contribution is 2.35. The smallest absolute Gasteiger partial charge is 0.308 e. The van der Waals surface area contributed by atoms with Crippen LogP contribution in [0.5, 0.6) is 23.0 Å². The van der Waals surface area contributed by atoms with E-state index in [0.29, 0.717) is 22.6 Å². The molecule has 2 aromatic carbocycles. The summed E-state index contributed by atoms with van der Waals surface area (Å²) in [5.41, 5.74) is 1.65. The van der Waals surface area contributed by atoms with E-state index in [1.165, 1.54) is 41.1 Å². The number of hydrogen-bond acceptors (Lipinski definition) is 7. The zero-order valence-electron chi connectivity index (χ0n) is 16.9. The summed E-state index contributed by atoms with van der Waals surface area (Å²) < 4.78 is 20.9. The van der Waals surface area contributed by atoms with E-state index in [4.69, 9.17) is 18.9 Å². The van der Waals surface area contributed by atoms with Crippen LogP contribution in [0.3, 0.4) is 0 Å². The van der Waals surface area contributed by atoms with Gasteiger partial charge in [0.05, 0.1) is 14.2 Å². The van der Waals surface area contributed by atoms with Crippen molar-refractivity contribution in [3.8, 4) is 23.0 Å². The number of benzene rings is 2. The summed E-state index contributed by atoms with van der Waals surface area (Å²) in [6.45, 7) is 4.02. The largest absolute Gasteiger partial charge is 0.493 e. The fourth-order valence-electron chi connectivity index (χ4n) is 2.57. The van der Waals surface area contributed by atoms with Crippen LogP contribution in [0.2, 0.25) is 0 Å². The van der Waals surface area contributed by atoms with Crippen LogP contribution in [0.4, 0.5) is 0 Å². The first-order valence-corrected chi connectivity index (χ1v) is 8.71. The minimum absolute atomic E-state index is 0.153. The molecule has 152 valence electrons. The van der Waals surface area contributed by atoms with Gasteiger partial charge in [-0.1, -0.05) is 18.2 Å². The minimum atomic E-state index is -0.513. The Balaban J connectivity index is 2.49. The van der Waals surface area contributed by atoms with Gasteiger partial charge in [0.1, 0.15) is 0 Å². The number of methoxy groups -OCH3 is 2. The standard InChI is InChI=1S/C22H22O7/c1-13(23)18-11-17(22(29-15(3)25)21(12-18)27-5)8-6-16-7-9-19(28-14(2)24)20(10-16)26-4/h6-12H,1-5H3. The van der Waals surface area contributed by atoms with Crippen molar-refractivity contribution in [3.05, 3.63) is 47.0 Å². The quantitative estimate of drug-likeness (QED) is 0.302. The number of rotatable bonds is 7. The number of carbonyl (C=O) groups excluding carboxylic acids is 3. The number of ether oxygens (including phenoxy) is 4. The van der Waals surface area contributed by atoms with Crippen molar-refractivity contribution in [1.82, 2.24) is 0 Å². The lowest BCUT2D eigenvalue weighted by Crippen LogP contribution is -2.06. The first kappa shape index (κ1) is 21.7. The van der Waals surface area contributed by atoms with Gasteiger partial charge in [-0.05, 0) is 36.8 Å². The van der Waals surface area contributed by atoms with E-state index in [0.717, 1.165) is 5.56 Å². The number of hydrogen-bond donors (Lipinski definition) is 0. The lowest BCUT2D eigenvalue weighted by atomic mass is 10.0. The molecule has 0 heterocycles. The molecule has 0 saturated carbocycles. The molecule has 0 bridgehead atoms. The summed E-state index contributed by atoms with van der Waals surface area (Å²) in [4.78, 5) is 34.5. The Hall–Kier alpha value is -3.61. The van der Waals surface area contributed by atoms with Crippen LogP contribution in [-0.4, -0.2) is 31.9 Å². The molecule has 0 fully saturated rings. The van der Waals surface area contributed by atoms with Crippen molar-refractivity contribution in [2.45, 2.75) is 20.8 Å². The Bertz CT molecular complexity index is 973. The van der Waals surface area contributed by atoms with Crippen LogP contribution in [0.25, 0.3) is 12.2 Å². The molecule has 2 rings (SSSR count). The monoisotopic (exact) mass is 398 g/mol. The molecule has 0 unspecified atom stereocenters. The lowest BCUT2D eigenvalue weighted by molar-refractivity contribution is -0.132. The van der Waals surface area contributed by atoms with E-state index in [1.807, 2.05) is 0 Å². The molecule has 0 spiro atoms. The van der Waals surface area contributed by atoms with E-state index >= 15 is 0 Å². The van der Waals surface area contributed by atoms with Crippen LogP contribution in [0.1, 0.15) is 42.3 Å². The van der Waals surface area contributed by atoms with Crippen LogP contribution >= 0.6 is 0 Å². The maximum Gasteiger partial charge on any atom is 0.308 e. The zero-order valence-corrected chi connectivity index (χ0v) is 16.9. The zero-order chi connectivity index (χ0) is 21.6. The molecular weight excluding hydrogens is 376 g/mol. The van der Waals surface area contributed by atoms with Gasteiger partial charge in [-0.15, -0.1) is 0 Å². The maximum atomic E-state index is 11.8. The average molecular weight is 398 g/mol. The topological polar surface area (TPSA) is 88.1 Å². The van der Waals surface area contributed by atoms with Crippen LogP contribution in [0, 0.1) is 0 Å². The summed E-state index contributed by atoms with van der Waals surface area (Å²) in [7, 11) is 2.90. The fourth-order valence-corrected chi connectivity index (χ4v) is 2.57. The first-order chi connectivity index (χ1) is 13.7. The van der Waals surface area contributed by atoms with Crippen molar-refractivity contribution >= 4 is 29.9 Å². The molecule has 0 N–H and O–H groups in total. The van der Waals surface area contributed by atoms with E-state index in [1.54, 1.807) is 36.4 Å². The molecule has 0 aliphatic carbocycles. The SMILES string of the molecule is COc1cc(C=Cc2cc(C(C)=O)cc(OC)c2OC(C)=O)ccc1OC(C)=O. The number of esters is 2. The molecule has 0 aromatic heterocycles. The molecule has 0 saturated heterocycles. The average Bonchev–Trinajstić information content (AvgIpc) is 2.66. The highest BCUT2D eigenvalue weighted by molar-refractivity contribution is 5.96. The van der Waals surface area contributed by atoms with Gasteiger partial charge in [-0.25, -0.2) is 0 Å². The molecule has 29 heavy (non-hydrogen) atoms.